The first-order valence-corrected chi connectivity index (χ1v) is 5.75. The van der Waals surface area contributed by atoms with Gasteiger partial charge in [-0.05, 0) is 24.3 Å². The molecule has 1 aromatic carbocycles. The predicted molar refractivity (Wildman–Crippen MR) is 71.1 cm³/mol. The van der Waals surface area contributed by atoms with Gasteiger partial charge < -0.3 is 14.6 Å². The number of furan rings is 1. The molecule has 0 saturated carbocycles. The van der Waals surface area contributed by atoms with E-state index in [1.807, 2.05) is 0 Å². The maximum absolute atomic E-state index is 12.0. The van der Waals surface area contributed by atoms with Crippen molar-refractivity contribution < 1.29 is 14.0 Å². The van der Waals surface area contributed by atoms with E-state index in [0.717, 1.165) is 0 Å². The van der Waals surface area contributed by atoms with Gasteiger partial charge in [0.05, 0.1) is 17.5 Å². The van der Waals surface area contributed by atoms with Gasteiger partial charge in [0.1, 0.15) is 0 Å². The van der Waals surface area contributed by atoms with Crippen molar-refractivity contribution in [3.8, 4) is 0 Å². The van der Waals surface area contributed by atoms with Gasteiger partial charge in [0.25, 0.3) is 11.8 Å². The lowest BCUT2D eigenvalue weighted by atomic mass is 10.1. The van der Waals surface area contributed by atoms with Crippen LogP contribution in [-0.4, -0.2) is 30.8 Å². The van der Waals surface area contributed by atoms with Crippen LogP contribution in [0.5, 0.6) is 0 Å². The summed E-state index contributed by atoms with van der Waals surface area (Å²) >= 11 is 0. The van der Waals surface area contributed by atoms with E-state index in [2.05, 4.69) is 5.32 Å². The van der Waals surface area contributed by atoms with Gasteiger partial charge in [0.2, 0.25) is 0 Å². The van der Waals surface area contributed by atoms with Crippen LogP contribution < -0.4 is 5.32 Å². The van der Waals surface area contributed by atoms with Gasteiger partial charge in [-0.2, -0.15) is 0 Å². The van der Waals surface area contributed by atoms with Gasteiger partial charge in [-0.25, -0.2) is 0 Å². The highest BCUT2D eigenvalue weighted by Gasteiger charge is 2.16. The third kappa shape index (κ3) is 2.82. The molecule has 0 aliphatic heterocycles. The number of benzene rings is 1. The van der Waals surface area contributed by atoms with E-state index in [1.54, 1.807) is 50.5 Å². The van der Waals surface area contributed by atoms with E-state index in [1.165, 1.54) is 11.2 Å². The third-order valence-corrected chi connectivity index (χ3v) is 2.56. The number of rotatable bonds is 3. The molecule has 1 heterocycles. The monoisotopic (exact) mass is 258 g/mol. The van der Waals surface area contributed by atoms with Crippen molar-refractivity contribution in [2.24, 2.45) is 0 Å². The summed E-state index contributed by atoms with van der Waals surface area (Å²) < 4.78 is 5.01. The second-order valence-electron chi connectivity index (χ2n) is 4.18. The van der Waals surface area contributed by atoms with Crippen molar-refractivity contribution in [2.75, 3.05) is 19.4 Å². The van der Waals surface area contributed by atoms with Crippen LogP contribution >= 0.6 is 0 Å². The number of amides is 2. The topological polar surface area (TPSA) is 62.6 Å². The van der Waals surface area contributed by atoms with Crippen molar-refractivity contribution in [3.05, 3.63) is 54.0 Å². The van der Waals surface area contributed by atoms with E-state index in [0.29, 0.717) is 11.3 Å². The minimum absolute atomic E-state index is 0.171. The zero-order valence-corrected chi connectivity index (χ0v) is 10.7. The molecule has 0 fully saturated rings. The molecule has 0 atom stereocenters. The van der Waals surface area contributed by atoms with E-state index in [9.17, 15) is 9.59 Å². The molecule has 2 rings (SSSR count). The van der Waals surface area contributed by atoms with Crippen LogP contribution in [0.15, 0.2) is 47.1 Å². The predicted octanol–water partition coefficient (Wildman–Crippen LogP) is 2.23. The number of anilines is 1. The Morgan fingerprint density at radius 3 is 2.47 bits per heavy atom. The minimum atomic E-state index is -0.385. The molecule has 2 aromatic rings. The van der Waals surface area contributed by atoms with E-state index < -0.39 is 0 Å². The van der Waals surface area contributed by atoms with Gasteiger partial charge in [-0.1, -0.05) is 12.1 Å². The van der Waals surface area contributed by atoms with E-state index >= 15 is 0 Å². The van der Waals surface area contributed by atoms with E-state index in [-0.39, 0.29) is 17.6 Å². The van der Waals surface area contributed by atoms with Crippen LogP contribution in [0.2, 0.25) is 0 Å². The average Bonchev–Trinajstić information content (AvgIpc) is 2.92. The summed E-state index contributed by atoms with van der Waals surface area (Å²) in [5, 5.41) is 2.67. The summed E-state index contributed by atoms with van der Waals surface area (Å²) in [5.41, 5.74) is 0.898. The summed E-state index contributed by atoms with van der Waals surface area (Å²) in [5.74, 6) is -0.355. The maximum atomic E-state index is 12.0. The SMILES string of the molecule is CN(C)C(=O)c1ccccc1NC(=O)c1ccco1. The molecule has 5 nitrogen and oxygen atoms in total. The molecule has 0 saturated heterocycles. The first-order valence-electron chi connectivity index (χ1n) is 5.75. The van der Waals surface area contributed by atoms with Crippen LogP contribution in [0.3, 0.4) is 0 Å². The Labute approximate surface area is 110 Å². The van der Waals surface area contributed by atoms with Crippen LogP contribution in [-0.2, 0) is 0 Å². The fourth-order valence-corrected chi connectivity index (χ4v) is 1.61. The second-order valence-corrected chi connectivity index (χ2v) is 4.18. The van der Waals surface area contributed by atoms with Crippen molar-refractivity contribution in [1.29, 1.82) is 0 Å². The quantitative estimate of drug-likeness (QED) is 0.918. The molecule has 0 bridgehead atoms. The second kappa shape index (κ2) is 5.39. The Balaban J connectivity index is 2.26. The molecule has 0 spiro atoms. The number of para-hydroxylation sites is 1. The maximum Gasteiger partial charge on any atom is 0.291 e. The zero-order valence-electron chi connectivity index (χ0n) is 10.7. The number of nitrogens with one attached hydrogen (secondary N) is 1. The van der Waals surface area contributed by atoms with Gasteiger partial charge in [-0.3, -0.25) is 9.59 Å². The molecule has 0 aliphatic carbocycles. The Bertz CT molecular complexity index is 588. The van der Waals surface area contributed by atoms with Crippen molar-refractivity contribution in [2.45, 2.75) is 0 Å². The molecule has 19 heavy (non-hydrogen) atoms. The minimum Gasteiger partial charge on any atom is -0.459 e. The van der Waals surface area contributed by atoms with Crippen LogP contribution in [0.1, 0.15) is 20.9 Å². The number of carbonyl (C=O) groups is 2. The van der Waals surface area contributed by atoms with Crippen molar-refractivity contribution in [1.82, 2.24) is 4.90 Å². The molecule has 0 unspecified atom stereocenters. The van der Waals surface area contributed by atoms with E-state index in [4.69, 9.17) is 4.42 Å². The molecule has 1 aromatic heterocycles. The first kappa shape index (κ1) is 12.9. The molecule has 0 radical (unpaired) electrons. The Morgan fingerprint density at radius 1 is 1.11 bits per heavy atom. The number of carbonyl (C=O) groups excluding carboxylic acids is 2. The zero-order chi connectivity index (χ0) is 13.8. The normalized spacial score (nSPS) is 10.0. The van der Waals surface area contributed by atoms with Gasteiger partial charge in [0, 0.05) is 14.1 Å². The average molecular weight is 258 g/mol. The smallest absolute Gasteiger partial charge is 0.291 e. The lowest BCUT2D eigenvalue weighted by Crippen LogP contribution is -2.24. The molecule has 0 aliphatic rings. The standard InChI is InChI=1S/C14H14N2O3/c1-16(2)14(18)10-6-3-4-7-11(10)15-13(17)12-8-5-9-19-12/h3-9H,1-2H3,(H,15,17). The molecule has 98 valence electrons. The van der Waals surface area contributed by atoms with Gasteiger partial charge >= 0.3 is 0 Å². The number of hydrogen-bond donors (Lipinski definition) is 1. The Morgan fingerprint density at radius 2 is 1.84 bits per heavy atom. The highest BCUT2D eigenvalue weighted by atomic mass is 16.3. The number of hydrogen-bond acceptors (Lipinski definition) is 3. The third-order valence-electron chi connectivity index (χ3n) is 2.56. The van der Waals surface area contributed by atoms with Crippen LogP contribution in [0.25, 0.3) is 0 Å². The fraction of sp³-hybridized carbons (Fsp3) is 0.143. The van der Waals surface area contributed by atoms with Gasteiger partial charge in [0.15, 0.2) is 5.76 Å². The number of nitrogens with zero attached hydrogens (tertiary/aromatic N) is 1. The Hall–Kier alpha value is -2.56. The van der Waals surface area contributed by atoms with Crippen LogP contribution in [0.4, 0.5) is 5.69 Å². The summed E-state index contributed by atoms with van der Waals surface area (Å²) in [6.45, 7) is 0. The summed E-state index contributed by atoms with van der Waals surface area (Å²) in [6, 6.07) is 10.0. The summed E-state index contributed by atoms with van der Waals surface area (Å²) in [7, 11) is 3.32. The van der Waals surface area contributed by atoms with Crippen LogP contribution in [0, 0.1) is 0 Å². The molecule has 1 N–H and O–H groups in total. The molecular formula is C14H14N2O3. The molecular weight excluding hydrogens is 244 g/mol. The molecule has 5 heteroatoms. The van der Waals surface area contributed by atoms with Gasteiger partial charge in [-0.15, -0.1) is 0 Å². The largest absolute Gasteiger partial charge is 0.459 e. The van der Waals surface area contributed by atoms with Crippen molar-refractivity contribution in [3.63, 3.8) is 0 Å². The van der Waals surface area contributed by atoms with Crippen molar-refractivity contribution >= 4 is 17.5 Å². The lowest BCUT2D eigenvalue weighted by molar-refractivity contribution is 0.0828. The first-order chi connectivity index (χ1) is 9.09. The highest BCUT2D eigenvalue weighted by molar-refractivity contribution is 6.07. The highest BCUT2D eigenvalue weighted by Crippen LogP contribution is 2.17. The lowest BCUT2D eigenvalue weighted by Gasteiger charge is -2.14. The summed E-state index contributed by atoms with van der Waals surface area (Å²) in [4.78, 5) is 25.3. The fourth-order valence-electron chi connectivity index (χ4n) is 1.61. The summed E-state index contributed by atoms with van der Waals surface area (Å²) in [6.07, 6.45) is 1.42. The molecule has 2 amide bonds. The Kier molecular flexibility index (Phi) is 3.66.